The van der Waals surface area contributed by atoms with Gasteiger partial charge < -0.3 is 28.2 Å². The molecule has 4 heterocycles. The van der Waals surface area contributed by atoms with Crippen LogP contribution >= 0.6 is 31.9 Å². The highest BCUT2D eigenvalue weighted by atomic mass is 79.9. The first-order valence-corrected chi connectivity index (χ1v) is 21.7. The van der Waals surface area contributed by atoms with E-state index in [9.17, 15) is 4.79 Å². The summed E-state index contributed by atoms with van der Waals surface area (Å²) in [6.07, 6.45) is 9.89. The van der Waals surface area contributed by atoms with Crippen molar-refractivity contribution in [2.24, 2.45) is 0 Å². The van der Waals surface area contributed by atoms with Crippen LogP contribution in [0.3, 0.4) is 0 Å². The molecule has 2 aromatic heterocycles. The lowest BCUT2D eigenvalue weighted by atomic mass is 9.72. The van der Waals surface area contributed by atoms with Crippen molar-refractivity contribution in [3.63, 3.8) is 0 Å². The zero-order valence-electron chi connectivity index (χ0n) is 33.5. The SMILES string of the molecule is COCCC1(CCOC)c2cc(Br)ccc2-c2cc3c(cc21)C1c2c(c4c5cc6c(cc5ccn4c2C=O)-c2ccc(Br)cc2C6(CCOC)CCOC)C(=O)N1C=C3. The predicted molar refractivity (Wildman–Crippen MR) is 238 cm³/mol. The molecule has 0 saturated carbocycles. The van der Waals surface area contributed by atoms with Crippen molar-refractivity contribution >= 4 is 66.4 Å². The molecule has 0 fully saturated rings. The van der Waals surface area contributed by atoms with Gasteiger partial charge in [-0.05, 0) is 141 Å². The smallest absolute Gasteiger partial charge is 0.261 e. The summed E-state index contributed by atoms with van der Waals surface area (Å²) < 4.78 is 26.9. The van der Waals surface area contributed by atoms with Gasteiger partial charge in [-0.3, -0.25) is 9.59 Å². The third-order valence-electron chi connectivity index (χ3n) is 13.7. The lowest BCUT2D eigenvalue weighted by molar-refractivity contribution is 0.0822. The average molecular weight is 917 g/mol. The van der Waals surface area contributed by atoms with Crippen LogP contribution in [0.5, 0.6) is 0 Å². The van der Waals surface area contributed by atoms with E-state index >= 15 is 4.79 Å². The fourth-order valence-electron chi connectivity index (χ4n) is 11.0. The number of methoxy groups -OCH3 is 4. The Morgan fingerprint density at radius 1 is 0.678 bits per heavy atom. The number of fused-ring (bicyclic) bond motifs is 15. The summed E-state index contributed by atoms with van der Waals surface area (Å²) in [5.41, 5.74) is 13.4. The van der Waals surface area contributed by atoms with Gasteiger partial charge in [0.1, 0.15) is 0 Å². The summed E-state index contributed by atoms with van der Waals surface area (Å²) in [5.74, 6) is -0.111. The quantitative estimate of drug-likeness (QED) is 0.107. The molecule has 0 bridgehead atoms. The zero-order chi connectivity index (χ0) is 40.8. The summed E-state index contributed by atoms with van der Waals surface area (Å²) in [6, 6.07) is 23.8. The first kappa shape index (κ1) is 38.8. The van der Waals surface area contributed by atoms with Gasteiger partial charge in [-0.1, -0.05) is 50.1 Å². The van der Waals surface area contributed by atoms with E-state index in [1.807, 2.05) is 21.7 Å². The lowest BCUT2D eigenvalue weighted by Gasteiger charge is -2.34. The Morgan fingerprint density at radius 3 is 1.78 bits per heavy atom. The van der Waals surface area contributed by atoms with Crippen molar-refractivity contribution in [3.05, 3.63) is 138 Å². The van der Waals surface area contributed by atoms with E-state index in [2.05, 4.69) is 105 Å². The molecule has 4 aromatic carbocycles. The van der Waals surface area contributed by atoms with Gasteiger partial charge in [0.05, 0.1) is 22.8 Å². The van der Waals surface area contributed by atoms with Gasteiger partial charge in [0, 0.05) is 98.0 Å². The van der Waals surface area contributed by atoms with Crippen LogP contribution in [0.15, 0.2) is 88.1 Å². The highest BCUT2D eigenvalue weighted by Crippen LogP contribution is 2.58. The molecule has 1 amide bonds. The minimum atomic E-state index is -0.477. The van der Waals surface area contributed by atoms with E-state index in [1.165, 1.54) is 44.5 Å². The van der Waals surface area contributed by atoms with Crippen molar-refractivity contribution in [1.82, 2.24) is 9.30 Å². The Bertz CT molecular complexity index is 2770. The number of hydrogen-bond donors (Lipinski definition) is 0. The third-order valence-corrected chi connectivity index (χ3v) is 14.7. The third kappa shape index (κ3) is 5.46. The second-order valence-corrected chi connectivity index (χ2v) is 18.1. The van der Waals surface area contributed by atoms with Crippen molar-refractivity contribution in [2.45, 2.75) is 42.6 Å². The van der Waals surface area contributed by atoms with Crippen LogP contribution in [0.2, 0.25) is 0 Å². The van der Waals surface area contributed by atoms with Crippen LogP contribution in [0.4, 0.5) is 0 Å². The molecule has 2 aliphatic carbocycles. The second kappa shape index (κ2) is 14.6. The minimum absolute atomic E-state index is 0.111. The van der Waals surface area contributed by atoms with Crippen molar-refractivity contribution in [1.29, 1.82) is 0 Å². The van der Waals surface area contributed by atoms with Gasteiger partial charge in [0.2, 0.25) is 0 Å². The van der Waals surface area contributed by atoms with Crippen LogP contribution in [0.25, 0.3) is 44.6 Å². The fourth-order valence-corrected chi connectivity index (χ4v) is 11.8. The summed E-state index contributed by atoms with van der Waals surface area (Å²) in [4.78, 5) is 30.3. The van der Waals surface area contributed by atoms with Crippen molar-refractivity contribution < 1.29 is 28.5 Å². The standard InChI is InChI=1S/C49H44Br2N2O6/c1-56-17-11-48(12-18-57-2)38-23-30(50)6-8-33(38)37-22-29-10-16-53-45(34(29)25-40(37)48)43-42(27-54)52-15-9-28-21-36-32-7-5-31(51)24-39(32)49(13-19-58-3,14-20-59-4)41(36)26-35(28)46(52)44(43)47(53)55/h5-10,15-16,21-27,45H,11-14,17-20H2,1-4H3. The number of halogens is 2. The molecule has 6 aromatic rings. The number of benzene rings is 4. The summed E-state index contributed by atoms with van der Waals surface area (Å²) in [5, 5.41) is 1.95. The molecule has 0 saturated heterocycles. The molecule has 4 aliphatic rings. The van der Waals surface area contributed by atoms with Crippen LogP contribution in [-0.2, 0) is 29.8 Å². The zero-order valence-corrected chi connectivity index (χ0v) is 36.7. The highest BCUT2D eigenvalue weighted by Gasteiger charge is 2.49. The summed E-state index contributed by atoms with van der Waals surface area (Å²) in [6.45, 7) is 2.28. The molecule has 0 spiro atoms. The molecule has 0 N–H and O–H groups in total. The van der Waals surface area contributed by atoms with Gasteiger partial charge in [0.15, 0.2) is 6.29 Å². The number of nitrogens with zero attached hydrogens (tertiary/aromatic N) is 2. The predicted octanol–water partition coefficient (Wildman–Crippen LogP) is 10.6. The Hall–Kier alpha value is -4.42. The monoisotopic (exact) mass is 914 g/mol. The molecular formula is C49H44Br2N2O6. The maximum Gasteiger partial charge on any atom is 0.261 e. The number of hydrogen-bond acceptors (Lipinski definition) is 6. The van der Waals surface area contributed by atoms with Gasteiger partial charge >= 0.3 is 0 Å². The fraction of sp³-hybridized carbons (Fsp3) is 0.306. The largest absolute Gasteiger partial charge is 0.385 e. The van der Waals surface area contributed by atoms with Gasteiger partial charge in [-0.25, -0.2) is 0 Å². The molecule has 0 radical (unpaired) electrons. The number of aromatic nitrogens is 1. The molecule has 300 valence electrons. The Labute approximate surface area is 360 Å². The maximum absolute atomic E-state index is 15.0. The van der Waals surface area contributed by atoms with Crippen LogP contribution in [0.1, 0.15) is 91.5 Å². The topological polar surface area (TPSA) is 78.7 Å². The maximum atomic E-state index is 15.0. The van der Waals surface area contributed by atoms with E-state index in [1.54, 1.807) is 28.4 Å². The first-order valence-electron chi connectivity index (χ1n) is 20.1. The second-order valence-electron chi connectivity index (χ2n) is 16.3. The Morgan fingerprint density at radius 2 is 1.22 bits per heavy atom. The summed E-state index contributed by atoms with van der Waals surface area (Å²) in [7, 11) is 6.98. The van der Waals surface area contributed by atoms with Crippen molar-refractivity contribution in [3.8, 4) is 22.3 Å². The molecule has 1 unspecified atom stereocenters. The van der Waals surface area contributed by atoms with E-state index in [-0.39, 0.29) is 16.7 Å². The molecule has 2 aliphatic heterocycles. The lowest BCUT2D eigenvalue weighted by Crippen LogP contribution is -2.30. The first-order chi connectivity index (χ1) is 28.7. The summed E-state index contributed by atoms with van der Waals surface area (Å²) >= 11 is 7.53. The number of ether oxygens (including phenoxy) is 4. The molecule has 8 nitrogen and oxygen atoms in total. The molecular weight excluding hydrogens is 872 g/mol. The van der Waals surface area contributed by atoms with E-state index in [0.29, 0.717) is 37.7 Å². The van der Waals surface area contributed by atoms with Crippen LogP contribution in [-0.4, -0.2) is 76.4 Å². The highest BCUT2D eigenvalue weighted by molar-refractivity contribution is 9.10. The number of carbonyl (C=O) groups is 2. The molecule has 10 heteroatoms. The molecule has 1 atom stereocenters. The van der Waals surface area contributed by atoms with Crippen LogP contribution in [0, 0.1) is 0 Å². The number of pyridine rings is 1. The van der Waals surface area contributed by atoms with E-state index in [4.69, 9.17) is 18.9 Å². The molecule has 10 rings (SSSR count). The Balaban J connectivity index is 1.21. The normalized spacial score (nSPS) is 17.2. The van der Waals surface area contributed by atoms with Gasteiger partial charge in [-0.15, -0.1) is 0 Å². The van der Waals surface area contributed by atoms with E-state index < -0.39 is 6.04 Å². The Kier molecular flexibility index (Phi) is 9.62. The number of amides is 1. The van der Waals surface area contributed by atoms with Gasteiger partial charge in [0.25, 0.3) is 5.91 Å². The van der Waals surface area contributed by atoms with E-state index in [0.717, 1.165) is 73.9 Å². The van der Waals surface area contributed by atoms with Gasteiger partial charge in [-0.2, -0.15) is 0 Å². The van der Waals surface area contributed by atoms with Crippen LogP contribution < -0.4 is 0 Å². The number of carbonyl (C=O) groups excluding carboxylic acids is 2. The number of rotatable bonds is 13. The number of aldehydes is 1. The average Bonchev–Trinajstić information content (AvgIpc) is 3.91. The van der Waals surface area contributed by atoms with Crippen molar-refractivity contribution in [2.75, 3.05) is 54.9 Å². The minimum Gasteiger partial charge on any atom is -0.385 e. The molecule has 59 heavy (non-hydrogen) atoms.